The minimum Gasteiger partial charge on any atom is -0.260 e. The maximum Gasteiger partial charge on any atom is 0.0515 e. The van der Waals surface area contributed by atoms with E-state index in [4.69, 9.17) is 0 Å². The quantitative estimate of drug-likeness (QED) is 0.695. The molecule has 0 amide bonds. The minimum atomic E-state index is 0.662. The fourth-order valence-electron chi connectivity index (χ4n) is 3.16. The molecular formula is C16H19N. The summed E-state index contributed by atoms with van der Waals surface area (Å²) in [5, 5.41) is 2.68. The summed E-state index contributed by atoms with van der Waals surface area (Å²) in [5.41, 5.74) is 1.33. The molecule has 0 aliphatic heterocycles. The van der Waals surface area contributed by atoms with Gasteiger partial charge in [0.05, 0.1) is 5.69 Å². The lowest BCUT2D eigenvalue weighted by Gasteiger charge is -2.29. The van der Waals surface area contributed by atoms with E-state index in [1.165, 1.54) is 42.1 Å². The Morgan fingerprint density at radius 2 is 1.88 bits per heavy atom. The Bertz CT molecular complexity index is 512. The highest BCUT2D eigenvalue weighted by Gasteiger charge is 2.25. The third-order valence-electron chi connectivity index (χ3n) is 4.17. The van der Waals surface area contributed by atoms with Crippen LogP contribution in [0.4, 0.5) is 0 Å². The lowest BCUT2D eigenvalue weighted by molar-refractivity contribution is 0.327. The van der Waals surface area contributed by atoms with Gasteiger partial charge in [-0.3, -0.25) is 4.98 Å². The van der Waals surface area contributed by atoms with Crippen molar-refractivity contribution in [2.24, 2.45) is 5.92 Å². The zero-order valence-electron chi connectivity index (χ0n) is 10.4. The van der Waals surface area contributed by atoms with Crippen molar-refractivity contribution in [1.82, 2.24) is 4.98 Å². The highest BCUT2D eigenvalue weighted by atomic mass is 14.7. The third kappa shape index (κ3) is 1.95. The first-order valence-electron chi connectivity index (χ1n) is 6.70. The van der Waals surface area contributed by atoms with Gasteiger partial charge in [0.2, 0.25) is 0 Å². The van der Waals surface area contributed by atoms with E-state index in [1.54, 1.807) is 0 Å². The van der Waals surface area contributed by atoms with Crippen LogP contribution in [0.25, 0.3) is 10.8 Å². The first kappa shape index (κ1) is 10.8. The van der Waals surface area contributed by atoms with E-state index in [0.717, 1.165) is 5.92 Å². The van der Waals surface area contributed by atoms with Gasteiger partial charge in [0.1, 0.15) is 0 Å². The van der Waals surface area contributed by atoms with Gasteiger partial charge in [-0.25, -0.2) is 0 Å². The number of aromatic nitrogens is 1. The summed E-state index contributed by atoms with van der Waals surface area (Å²) in [6.45, 7) is 2.38. The average molecular weight is 225 g/mol. The standard InChI is InChI=1S/C16H19N/c1-12-6-2-4-8-14(12)16-15-9-5-3-7-13(15)10-11-17-16/h3,5,7,9-12,14H,2,4,6,8H2,1H3/t12-,14+/m1/s1. The Balaban J connectivity index is 2.10. The number of fused-ring (bicyclic) bond motifs is 1. The van der Waals surface area contributed by atoms with Crippen molar-refractivity contribution in [3.63, 3.8) is 0 Å². The topological polar surface area (TPSA) is 12.9 Å². The fraction of sp³-hybridized carbons (Fsp3) is 0.438. The van der Waals surface area contributed by atoms with Crippen molar-refractivity contribution in [3.05, 3.63) is 42.2 Å². The van der Waals surface area contributed by atoms with Crippen molar-refractivity contribution in [2.45, 2.75) is 38.5 Å². The summed E-state index contributed by atoms with van der Waals surface area (Å²) < 4.78 is 0. The first-order valence-corrected chi connectivity index (χ1v) is 6.70. The molecule has 2 aromatic rings. The molecule has 0 unspecified atom stereocenters. The molecule has 0 radical (unpaired) electrons. The van der Waals surface area contributed by atoms with Gasteiger partial charge in [0.25, 0.3) is 0 Å². The highest BCUT2D eigenvalue weighted by molar-refractivity contribution is 5.84. The second-order valence-corrected chi connectivity index (χ2v) is 5.29. The van der Waals surface area contributed by atoms with Gasteiger partial charge in [-0.1, -0.05) is 50.5 Å². The molecule has 2 atom stereocenters. The van der Waals surface area contributed by atoms with E-state index in [9.17, 15) is 0 Å². The average Bonchev–Trinajstić information content (AvgIpc) is 2.39. The van der Waals surface area contributed by atoms with Crippen LogP contribution in [0, 0.1) is 5.92 Å². The number of hydrogen-bond acceptors (Lipinski definition) is 1. The highest BCUT2D eigenvalue weighted by Crippen LogP contribution is 2.38. The predicted molar refractivity (Wildman–Crippen MR) is 72.1 cm³/mol. The zero-order chi connectivity index (χ0) is 11.7. The van der Waals surface area contributed by atoms with Crippen LogP contribution < -0.4 is 0 Å². The van der Waals surface area contributed by atoms with Crippen LogP contribution in [0.2, 0.25) is 0 Å². The Morgan fingerprint density at radius 1 is 1.06 bits per heavy atom. The molecule has 0 bridgehead atoms. The molecule has 88 valence electrons. The maximum atomic E-state index is 4.68. The van der Waals surface area contributed by atoms with Crippen LogP contribution in [-0.4, -0.2) is 4.98 Å². The molecule has 1 aromatic carbocycles. The Kier molecular flexibility index (Phi) is 2.84. The molecule has 1 fully saturated rings. The molecule has 0 saturated heterocycles. The number of rotatable bonds is 1. The first-order chi connectivity index (χ1) is 8.36. The summed E-state index contributed by atoms with van der Waals surface area (Å²) in [6.07, 6.45) is 7.39. The molecule has 0 N–H and O–H groups in total. The Hall–Kier alpha value is -1.37. The third-order valence-corrected chi connectivity index (χ3v) is 4.17. The number of hydrogen-bond donors (Lipinski definition) is 0. The molecular weight excluding hydrogens is 206 g/mol. The van der Waals surface area contributed by atoms with Gasteiger partial charge >= 0.3 is 0 Å². The smallest absolute Gasteiger partial charge is 0.0515 e. The largest absolute Gasteiger partial charge is 0.260 e. The van der Waals surface area contributed by atoms with Gasteiger partial charge in [-0.05, 0) is 23.8 Å². The van der Waals surface area contributed by atoms with E-state index in [2.05, 4.69) is 42.2 Å². The van der Waals surface area contributed by atoms with Gasteiger partial charge in [-0.15, -0.1) is 0 Å². The normalized spacial score (nSPS) is 25.0. The van der Waals surface area contributed by atoms with Crippen LogP contribution in [0.15, 0.2) is 36.5 Å². The van der Waals surface area contributed by atoms with Gasteiger partial charge in [0, 0.05) is 17.5 Å². The lowest BCUT2D eigenvalue weighted by atomic mass is 9.77. The molecule has 1 aliphatic rings. The molecule has 1 nitrogen and oxygen atoms in total. The Labute approximate surface area is 103 Å². The maximum absolute atomic E-state index is 4.68. The summed E-state index contributed by atoms with van der Waals surface area (Å²) in [4.78, 5) is 4.68. The molecule has 1 heterocycles. The van der Waals surface area contributed by atoms with Crippen LogP contribution in [0.1, 0.15) is 44.2 Å². The predicted octanol–water partition coefficient (Wildman–Crippen LogP) is 4.53. The summed E-state index contributed by atoms with van der Waals surface area (Å²) >= 11 is 0. The van der Waals surface area contributed by atoms with Crippen molar-refractivity contribution in [1.29, 1.82) is 0 Å². The van der Waals surface area contributed by atoms with Crippen LogP contribution >= 0.6 is 0 Å². The molecule has 3 rings (SSSR count). The zero-order valence-corrected chi connectivity index (χ0v) is 10.4. The summed E-state index contributed by atoms with van der Waals surface area (Å²) in [6, 6.07) is 10.8. The SMILES string of the molecule is C[C@@H]1CCCC[C@@H]1c1nccc2ccccc12. The van der Waals surface area contributed by atoms with Crippen molar-refractivity contribution < 1.29 is 0 Å². The van der Waals surface area contributed by atoms with Gasteiger partial charge in [0.15, 0.2) is 0 Å². The molecule has 1 saturated carbocycles. The van der Waals surface area contributed by atoms with Crippen molar-refractivity contribution >= 4 is 10.8 Å². The molecule has 17 heavy (non-hydrogen) atoms. The van der Waals surface area contributed by atoms with Gasteiger partial charge in [-0.2, -0.15) is 0 Å². The van der Waals surface area contributed by atoms with Crippen LogP contribution in [-0.2, 0) is 0 Å². The van der Waals surface area contributed by atoms with E-state index < -0.39 is 0 Å². The second kappa shape index (κ2) is 4.48. The van der Waals surface area contributed by atoms with Gasteiger partial charge < -0.3 is 0 Å². The molecule has 0 spiro atoms. The van der Waals surface area contributed by atoms with Crippen molar-refractivity contribution in [2.75, 3.05) is 0 Å². The summed E-state index contributed by atoms with van der Waals surface area (Å²) in [7, 11) is 0. The molecule has 1 heteroatoms. The number of nitrogens with zero attached hydrogens (tertiary/aromatic N) is 1. The Morgan fingerprint density at radius 3 is 2.76 bits per heavy atom. The number of pyridine rings is 1. The van der Waals surface area contributed by atoms with Crippen LogP contribution in [0.5, 0.6) is 0 Å². The minimum absolute atomic E-state index is 0.662. The monoisotopic (exact) mass is 225 g/mol. The lowest BCUT2D eigenvalue weighted by Crippen LogP contribution is -2.16. The van der Waals surface area contributed by atoms with Crippen LogP contribution in [0.3, 0.4) is 0 Å². The van der Waals surface area contributed by atoms with E-state index in [-0.39, 0.29) is 0 Å². The molecule has 1 aliphatic carbocycles. The second-order valence-electron chi connectivity index (χ2n) is 5.29. The number of benzene rings is 1. The van der Waals surface area contributed by atoms with E-state index in [1.807, 2.05) is 6.20 Å². The van der Waals surface area contributed by atoms with Crippen molar-refractivity contribution in [3.8, 4) is 0 Å². The van der Waals surface area contributed by atoms with E-state index >= 15 is 0 Å². The fourth-order valence-corrected chi connectivity index (χ4v) is 3.16. The molecule has 1 aromatic heterocycles. The summed E-state index contributed by atoms with van der Waals surface area (Å²) in [5.74, 6) is 1.44. The van der Waals surface area contributed by atoms with E-state index in [0.29, 0.717) is 5.92 Å².